The zero-order valence-corrected chi connectivity index (χ0v) is 11.3. The van der Waals surface area contributed by atoms with E-state index in [1.165, 1.54) is 19.3 Å². The van der Waals surface area contributed by atoms with E-state index in [0.717, 1.165) is 25.7 Å². The van der Waals surface area contributed by atoms with Gasteiger partial charge in [0.05, 0.1) is 0 Å². The first kappa shape index (κ1) is 13.4. The molecule has 0 bridgehead atoms. The van der Waals surface area contributed by atoms with Crippen LogP contribution >= 0.6 is 0 Å². The number of rotatable bonds is 1. The molecule has 0 spiro atoms. The van der Waals surface area contributed by atoms with Crippen molar-refractivity contribution in [2.75, 3.05) is 13.1 Å². The number of piperazine rings is 1. The van der Waals surface area contributed by atoms with E-state index < -0.39 is 0 Å². The summed E-state index contributed by atoms with van der Waals surface area (Å²) in [5.41, 5.74) is 0. The van der Waals surface area contributed by atoms with E-state index in [1.807, 2.05) is 6.92 Å². The number of carbonyl (C=O) groups is 2. The van der Waals surface area contributed by atoms with Crippen LogP contribution in [0.3, 0.4) is 0 Å². The zero-order valence-electron chi connectivity index (χ0n) is 11.3. The standard InChI is InChI=1S/C14H24N2O2/c1-11-13(17)15-9-10-16(11)14(18)12-7-5-3-2-4-6-8-12/h11-12H,2-10H2,1H3,(H,15,17). The molecular weight excluding hydrogens is 228 g/mol. The maximum atomic E-state index is 12.5. The maximum absolute atomic E-state index is 12.5. The quantitative estimate of drug-likeness (QED) is 0.772. The van der Waals surface area contributed by atoms with Crippen molar-refractivity contribution < 1.29 is 9.59 Å². The Kier molecular flexibility index (Phi) is 4.61. The second-order valence-corrected chi connectivity index (χ2v) is 5.54. The molecule has 4 nitrogen and oxygen atoms in total. The Bertz CT molecular complexity index is 309. The molecule has 1 N–H and O–H groups in total. The SMILES string of the molecule is CC1C(=O)NCCN1C(=O)C1CCCCCCC1. The maximum Gasteiger partial charge on any atom is 0.242 e. The normalized spacial score (nSPS) is 27.3. The zero-order chi connectivity index (χ0) is 13.0. The molecule has 2 rings (SSSR count). The van der Waals surface area contributed by atoms with E-state index in [2.05, 4.69) is 5.32 Å². The molecule has 1 saturated carbocycles. The second kappa shape index (κ2) is 6.21. The van der Waals surface area contributed by atoms with Crippen molar-refractivity contribution in [3.8, 4) is 0 Å². The fourth-order valence-electron chi connectivity index (χ4n) is 3.02. The minimum absolute atomic E-state index is 0.0135. The molecule has 1 atom stereocenters. The number of nitrogens with zero attached hydrogens (tertiary/aromatic N) is 1. The lowest BCUT2D eigenvalue weighted by atomic mass is 9.89. The first-order valence-electron chi connectivity index (χ1n) is 7.28. The fourth-order valence-corrected chi connectivity index (χ4v) is 3.02. The van der Waals surface area contributed by atoms with Gasteiger partial charge in [-0.1, -0.05) is 32.1 Å². The van der Waals surface area contributed by atoms with Crippen LogP contribution in [0, 0.1) is 5.92 Å². The van der Waals surface area contributed by atoms with Gasteiger partial charge < -0.3 is 10.2 Å². The van der Waals surface area contributed by atoms with Crippen LogP contribution in [0.2, 0.25) is 0 Å². The van der Waals surface area contributed by atoms with Gasteiger partial charge in [-0.25, -0.2) is 0 Å². The lowest BCUT2D eigenvalue weighted by Gasteiger charge is -2.35. The lowest BCUT2D eigenvalue weighted by molar-refractivity contribution is -0.146. The van der Waals surface area contributed by atoms with Crippen LogP contribution in [-0.4, -0.2) is 35.8 Å². The summed E-state index contributed by atoms with van der Waals surface area (Å²) in [7, 11) is 0. The van der Waals surface area contributed by atoms with Gasteiger partial charge in [0, 0.05) is 19.0 Å². The summed E-state index contributed by atoms with van der Waals surface area (Å²) in [5.74, 6) is 0.346. The van der Waals surface area contributed by atoms with Gasteiger partial charge in [0.15, 0.2) is 0 Å². The Morgan fingerprint density at radius 3 is 2.44 bits per heavy atom. The highest BCUT2D eigenvalue weighted by molar-refractivity contribution is 5.89. The van der Waals surface area contributed by atoms with Crippen molar-refractivity contribution in [2.45, 2.75) is 57.9 Å². The molecule has 0 aromatic heterocycles. The van der Waals surface area contributed by atoms with Crippen molar-refractivity contribution in [1.82, 2.24) is 10.2 Å². The largest absolute Gasteiger partial charge is 0.353 e. The van der Waals surface area contributed by atoms with Gasteiger partial charge in [0.1, 0.15) is 6.04 Å². The summed E-state index contributed by atoms with van der Waals surface area (Å²) in [4.78, 5) is 25.9. The summed E-state index contributed by atoms with van der Waals surface area (Å²) in [6.07, 6.45) is 8.13. The Balaban J connectivity index is 1.97. The van der Waals surface area contributed by atoms with E-state index in [-0.39, 0.29) is 23.8 Å². The highest BCUT2D eigenvalue weighted by Crippen LogP contribution is 2.25. The third kappa shape index (κ3) is 3.03. The molecular formula is C14H24N2O2. The van der Waals surface area contributed by atoms with Gasteiger partial charge in [0.2, 0.25) is 11.8 Å². The molecule has 0 radical (unpaired) electrons. The molecule has 18 heavy (non-hydrogen) atoms. The molecule has 2 fully saturated rings. The minimum atomic E-state index is -0.295. The molecule has 1 aliphatic carbocycles. The van der Waals surface area contributed by atoms with Crippen molar-refractivity contribution in [3.63, 3.8) is 0 Å². The van der Waals surface area contributed by atoms with Crippen molar-refractivity contribution in [1.29, 1.82) is 0 Å². The topological polar surface area (TPSA) is 49.4 Å². The van der Waals surface area contributed by atoms with Crippen molar-refractivity contribution in [2.24, 2.45) is 5.92 Å². The van der Waals surface area contributed by atoms with Crippen LogP contribution in [0.15, 0.2) is 0 Å². The summed E-state index contributed by atoms with van der Waals surface area (Å²) < 4.78 is 0. The number of nitrogens with one attached hydrogen (secondary N) is 1. The Labute approximate surface area is 109 Å². The highest BCUT2D eigenvalue weighted by Gasteiger charge is 2.33. The number of hydrogen-bond acceptors (Lipinski definition) is 2. The summed E-state index contributed by atoms with van der Waals surface area (Å²) in [5, 5.41) is 2.81. The van der Waals surface area contributed by atoms with E-state index in [0.29, 0.717) is 13.1 Å². The molecule has 2 aliphatic rings. The van der Waals surface area contributed by atoms with Gasteiger partial charge in [-0.05, 0) is 19.8 Å². The van der Waals surface area contributed by atoms with E-state index >= 15 is 0 Å². The Morgan fingerprint density at radius 1 is 1.17 bits per heavy atom. The molecule has 4 heteroatoms. The van der Waals surface area contributed by atoms with Crippen molar-refractivity contribution in [3.05, 3.63) is 0 Å². The third-order valence-electron chi connectivity index (χ3n) is 4.24. The first-order chi connectivity index (χ1) is 8.70. The van der Waals surface area contributed by atoms with Crippen LogP contribution in [0.5, 0.6) is 0 Å². The number of amides is 2. The minimum Gasteiger partial charge on any atom is -0.353 e. The number of carbonyl (C=O) groups excluding carboxylic acids is 2. The summed E-state index contributed by atoms with van der Waals surface area (Å²) in [6.45, 7) is 3.10. The molecule has 0 aromatic carbocycles. The highest BCUT2D eigenvalue weighted by atomic mass is 16.2. The van der Waals surface area contributed by atoms with E-state index in [9.17, 15) is 9.59 Å². The Morgan fingerprint density at radius 2 is 1.78 bits per heavy atom. The predicted molar refractivity (Wildman–Crippen MR) is 70.0 cm³/mol. The predicted octanol–water partition coefficient (Wildman–Crippen LogP) is 1.69. The molecule has 102 valence electrons. The van der Waals surface area contributed by atoms with Gasteiger partial charge in [0.25, 0.3) is 0 Å². The Hall–Kier alpha value is -1.06. The number of hydrogen-bond donors (Lipinski definition) is 1. The first-order valence-corrected chi connectivity index (χ1v) is 7.28. The molecule has 1 unspecified atom stereocenters. The van der Waals surface area contributed by atoms with Gasteiger partial charge >= 0.3 is 0 Å². The molecule has 1 heterocycles. The second-order valence-electron chi connectivity index (χ2n) is 5.54. The fraction of sp³-hybridized carbons (Fsp3) is 0.857. The monoisotopic (exact) mass is 252 g/mol. The third-order valence-corrected chi connectivity index (χ3v) is 4.24. The van der Waals surface area contributed by atoms with E-state index in [1.54, 1.807) is 4.90 Å². The molecule has 0 aromatic rings. The van der Waals surface area contributed by atoms with Gasteiger partial charge in [-0.15, -0.1) is 0 Å². The van der Waals surface area contributed by atoms with Crippen LogP contribution in [0.1, 0.15) is 51.9 Å². The lowest BCUT2D eigenvalue weighted by Crippen LogP contribution is -2.57. The van der Waals surface area contributed by atoms with Gasteiger partial charge in [-0.2, -0.15) is 0 Å². The van der Waals surface area contributed by atoms with E-state index in [4.69, 9.17) is 0 Å². The molecule has 1 aliphatic heterocycles. The van der Waals surface area contributed by atoms with Crippen LogP contribution in [0.4, 0.5) is 0 Å². The van der Waals surface area contributed by atoms with Crippen LogP contribution < -0.4 is 5.32 Å². The van der Waals surface area contributed by atoms with Crippen LogP contribution in [0.25, 0.3) is 0 Å². The van der Waals surface area contributed by atoms with Crippen molar-refractivity contribution >= 4 is 11.8 Å². The average Bonchev–Trinajstić information content (AvgIpc) is 2.31. The van der Waals surface area contributed by atoms with Gasteiger partial charge in [-0.3, -0.25) is 9.59 Å². The summed E-state index contributed by atoms with van der Waals surface area (Å²) in [6, 6.07) is -0.295. The summed E-state index contributed by atoms with van der Waals surface area (Å²) >= 11 is 0. The average molecular weight is 252 g/mol. The molecule has 1 saturated heterocycles. The molecule has 2 amide bonds. The van der Waals surface area contributed by atoms with Crippen LogP contribution in [-0.2, 0) is 9.59 Å². The smallest absolute Gasteiger partial charge is 0.242 e.